The number of hydrogen-bond donors (Lipinski definition) is 1. The zero-order valence-corrected chi connectivity index (χ0v) is 10.5. The molecule has 18 heavy (non-hydrogen) atoms. The van der Waals surface area contributed by atoms with Crippen LogP contribution < -0.4 is 5.32 Å². The van der Waals surface area contributed by atoms with Crippen LogP contribution in [-0.2, 0) is 4.74 Å². The average molecular weight is 245 g/mol. The zero-order valence-electron chi connectivity index (χ0n) is 10.5. The Hall–Kier alpha value is -1.35. The maximum absolute atomic E-state index is 11.8. The Kier molecular flexibility index (Phi) is 3.33. The maximum Gasteiger partial charge on any atom is 0.251 e. The largest absolute Gasteiger partial charge is 0.370 e. The molecule has 1 aromatic rings. The number of hydrogen-bond acceptors (Lipinski definition) is 2. The molecule has 0 spiro atoms. The third-order valence-corrected chi connectivity index (χ3v) is 3.99. The van der Waals surface area contributed by atoms with Gasteiger partial charge in [-0.05, 0) is 43.7 Å². The summed E-state index contributed by atoms with van der Waals surface area (Å²) in [6, 6.07) is 9.39. The van der Waals surface area contributed by atoms with E-state index in [0.29, 0.717) is 12.2 Å². The highest BCUT2D eigenvalue weighted by molar-refractivity contribution is 5.94. The van der Waals surface area contributed by atoms with Gasteiger partial charge in [0.25, 0.3) is 5.91 Å². The molecule has 0 aromatic heterocycles. The number of nitrogens with one attached hydrogen (secondary N) is 1. The van der Waals surface area contributed by atoms with Gasteiger partial charge in [0.2, 0.25) is 0 Å². The highest BCUT2D eigenvalue weighted by atomic mass is 16.6. The van der Waals surface area contributed by atoms with E-state index in [4.69, 9.17) is 4.74 Å². The Labute approximate surface area is 108 Å². The summed E-state index contributed by atoms with van der Waals surface area (Å²) in [6.07, 6.45) is 5.83. The fourth-order valence-corrected chi connectivity index (χ4v) is 2.83. The molecule has 3 atom stereocenters. The molecule has 1 heterocycles. The predicted octanol–water partition coefficient (Wildman–Crippen LogP) is 2.37. The van der Waals surface area contributed by atoms with Gasteiger partial charge in [-0.3, -0.25) is 4.79 Å². The molecular formula is C15H19NO2. The summed E-state index contributed by atoms with van der Waals surface area (Å²) in [5, 5.41) is 2.99. The molecule has 96 valence electrons. The van der Waals surface area contributed by atoms with E-state index in [1.54, 1.807) is 0 Å². The summed E-state index contributed by atoms with van der Waals surface area (Å²) in [5.74, 6) is 0.761. The van der Waals surface area contributed by atoms with Crippen LogP contribution in [0.1, 0.15) is 36.0 Å². The van der Waals surface area contributed by atoms with Crippen molar-refractivity contribution in [3.63, 3.8) is 0 Å². The number of rotatable bonds is 4. The molecule has 3 nitrogen and oxygen atoms in total. The number of fused-ring (bicyclic) bond motifs is 1. The van der Waals surface area contributed by atoms with Crippen molar-refractivity contribution in [2.75, 3.05) is 6.54 Å². The zero-order chi connectivity index (χ0) is 12.4. The van der Waals surface area contributed by atoms with Crippen LogP contribution in [0.3, 0.4) is 0 Å². The fraction of sp³-hybridized carbons (Fsp3) is 0.533. The molecule has 1 saturated heterocycles. The number of ether oxygens (including phenoxy) is 1. The summed E-state index contributed by atoms with van der Waals surface area (Å²) >= 11 is 0. The second-order valence-electron chi connectivity index (χ2n) is 5.30. The molecule has 2 aliphatic rings. The lowest BCUT2D eigenvalue weighted by molar-refractivity contribution is 0.0950. The lowest BCUT2D eigenvalue weighted by atomic mass is 9.87. The van der Waals surface area contributed by atoms with Crippen molar-refractivity contribution in [2.24, 2.45) is 5.92 Å². The van der Waals surface area contributed by atoms with Gasteiger partial charge in [-0.15, -0.1) is 0 Å². The topological polar surface area (TPSA) is 41.6 Å². The van der Waals surface area contributed by atoms with Crippen LogP contribution in [0.15, 0.2) is 30.3 Å². The minimum Gasteiger partial charge on any atom is -0.370 e. The van der Waals surface area contributed by atoms with E-state index < -0.39 is 0 Å². The quantitative estimate of drug-likeness (QED) is 0.827. The summed E-state index contributed by atoms with van der Waals surface area (Å²) in [6.45, 7) is 0.774. The minimum absolute atomic E-state index is 0.0342. The first kappa shape index (κ1) is 11.7. The molecule has 3 rings (SSSR count). The Morgan fingerprint density at radius 2 is 2.06 bits per heavy atom. The molecule has 3 heteroatoms. The number of benzene rings is 1. The van der Waals surface area contributed by atoms with Gasteiger partial charge in [0.05, 0.1) is 12.2 Å². The normalized spacial score (nSPS) is 29.4. The Morgan fingerprint density at radius 3 is 2.83 bits per heavy atom. The first-order valence-corrected chi connectivity index (χ1v) is 6.81. The van der Waals surface area contributed by atoms with Crippen molar-refractivity contribution in [3.05, 3.63) is 35.9 Å². The molecule has 0 radical (unpaired) electrons. The van der Waals surface area contributed by atoms with Gasteiger partial charge in [0.1, 0.15) is 0 Å². The highest BCUT2D eigenvalue weighted by Crippen LogP contribution is 2.40. The first-order valence-electron chi connectivity index (χ1n) is 6.81. The summed E-state index contributed by atoms with van der Waals surface area (Å²) in [7, 11) is 0. The van der Waals surface area contributed by atoms with E-state index in [1.165, 1.54) is 19.3 Å². The van der Waals surface area contributed by atoms with Gasteiger partial charge in [-0.2, -0.15) is 0 Å². The van der Waals surface area contributed by atoms with Crippen molar-refractivity contribution in [1.29, 1.82) is 0 Å². The van der Waals surface area contributed by atoms with E-state index in [-0.39, 0.29) is 5.91 Å². The van der Waals surface area contributed by atoms with Gasteiger partial charge in [-0.25, -0.2) is 0 Å². The second-order valence-corrected chi connectivity index (χ2v) is 5.30. The van der Waals surface area contributed by atoms with Gasteiger partial charge < -0.3 is 10.1 Å². The van der Waals surface area contributed by atoms with E-state index in [0.717, 1.165) is 24.4 Å². The van der Waals surface area contributed by atoms with Crippen LogP contribution in [0.25, 0.3) is 0 Å². The number of amides is 1. The van der Waals surface area contributed by atoms with Crippen LogP contribution >= 0.6 is 0 Å². The molecule has 1 N–H and O–H groups in total. The van der Waals surface area contributed by atoms with Crippen molar-refractivity contribution < 1.29 is 9.53 Å². The van der Waals surface area contributed by atoms with E-state index >= 15 is 0 Å². The van der Waals surface area contributed by atoms with E-state index in [1.807, 2.05) is 30.3 Å². The molecule has 1 amide bonds. The standard InChI is InChI=1S/C15H19NO2/c17-15(12-4-2-1-3-5-12)16-9-8-11-6-7-13-14(10-11)18-13/h1-5,11,13-14H,6-10H2,(H,16,17)/t11-,13+,14-/m0/s1. The fourth-order valence-electron chi connectivity index (χ4n) is 2.83. The highest BCUT2D eigenvalue weighted by Gasteiger charge is 2.43. The van der Waals surface area contributed by atoms with E-state index in [2.05, 4.69) is 5.32 Å². The molecule has 0 unspecified atom stereocenters. The molecule has 2 fully saturated rings. The van der Waals surface area contributed by atoms with Crippen LogP contribution in [0.4, 0.5) is 0 Å². The van der Waals surface area contributed by atoms with Crippen molar-refractivity contribution in [1.82, 2.24) is 5.32 Å². The summed E-state index contributed by atoms with van der Waals surface area (Å²) in [5.41, 5.74) is 0.742. The van der Waals surface area contributed by atoms with Crippen molar-refractivity contribution in [3.8, 4) is 0 Å². The van der Waals surface area contributed by atoms with Gasteiger partial charge in [0, 0.05) is 12.1 Å². The Balaban J connectivity index is 1.40. The van der Waals surface area contributed by atoms with Crippen molar-refractivity contribution >= 4 is 5.91 Å². The monoisotopic (exact) mass is 245 g/mol. The number of carbonyl (C=O) groups is 1. The maximum atomic E-state index is 11.8. The Bertz CT molecular complexity index is 418. The Morgan fingerprint density at radius 1 is 1.22 bits per heavy atom. The van der Waals surface area contributed by atoms with Crippen LogP contribution in [-0.4, -0.2) is 24.7 Å². The van der Waals surface area contributed by atoms with Gasteiger partial charge in [0.15, 0.2) is 0 Å². The third-order valence-electron chi connectivity index (χ3n) is 3.99. The SMILES string of the molecule is O=C(NCC[C@@H]1CC[C@H]2O[C@H]2C1)c1ccccc1. The molecular weight excluding hydrogens is 226 g/mol. The van der Waals surface area contributed by atoms with Gasteiger partial charge >= 0.3 is 0 Å². The van der Waals surface area contributed by atoms with Crippen LogP contribution in [0.5, 0.6) is 0 Å². The molecule has 0 bridgehead atoms. The average Bonchev–Trinajstić information content (AvgIpc) is 3.18. The summed E-state index contributed by atoms with van der Waals surface area (Å²) < 4.78 is 5.52. The lowest BCUT2D eigenvalue weighted by Gasteiger charge is -2.18. The number of epoxide rings is 1. The number of carbonyl (C=O) groups excluding carboxylic acids is 1. The lowest BCUT2D eigenvalue weighted by Crippen LogP contribution is -2.27. The molecule has 1 aliphatic heterocycles. The van der Waals surface area contributed by atoms with Crippen LogP contribution in [0.2, 0.25) is 0 Å². The van der Waals surface area contributed by atoms with Crippen LogP contribution in [0, 0.1) is 5.92 Å². The molecule has 1 aromatic carbocycles. The first-order chi connectivity index (χ1) is 8.83. The smallest absolute Gasteiger partial charge is 0.251 e. The van der Waals surface area contributed by atoms with Gasteiger partial charge in [-0.1, -0.05) is 18.2 Å². The van der Waals surface area contributed by atoms with E-state index in [9.17, 15) is 4.79 Å². The third kappa shape index (κ3) is 2.72. The predicted molar refractivity (Wildman–Crippen MR) is 69.4 cm³/mol. The van der Waals surface area contributed by atoms with Crippen molar-refractivity contribution in [2.45, 2.75) is 37.9 Å². The minimum atomic E-state index is 0.0342. The molecule has 1 aliphatic carbocycles. The second kappa shape index (κ2) is 5.11. The molecule has 1 saturated carbocycles. The summed E-state index contributed by atoms with van der Waals surface area (Å²) in [4.78, 5) is 11.8.